The highest BCUT2D eigenvalue weighted by atomic mass is 32.2. The molecule has 1 aromatic carbocycles. The minimum absolute atomic E-state index is 0.0518. The summed E-state index contributed by atoms with van der Waals surface area (Å²) in [6.45, 7) is 4.25. The highest BCUT2D eigenvalue weighted by Gasteiger charge is 2.31. The van der Waals surface area contributed by atoms with Crippen molar-refractivity contribution in [2.45, 2.75) is 37.8 Å². The molecule has 7 nitrogen and oxygen atoms in total. The van der Waals surface area contributed by atoms with Gasteiger partial charge in [-0.1, -0.05) is 26.0 Å². The van der Waals surface area contributed by atoms with Gasteiger partial charge in [0, 0.05) is 24.9 Å². The maximum absolute atomic E-state index is 13.5. The largest absolute Gasteiger partial charge is 0.378 e. The number of hydrogen-bond donors (Lipinski definition) is 1. The third kappa shape index (κ3) is 4.80. The van der Waals surface area contributed by atoms with Crippen LogP contribution in [0.1, 0.15) is 36.8 Å². The van der Waals surface area contributed by atoms with Crippen LogP contribution in [0.2, 0.25) is 0 Å². The van der Waals surface area contributed by atoms with Gasteiger partial charge in [0.25, 0.3) is 0 Å². The van der Waals surface area contributed by atoms with Crippen molar-refractivity contribution in [3.63, 3.8) is 0 Å². The second-order valence-corrected chi connectivity index (χ2v) is 8.32. The number of benzene rings is 1. The minimum atomic E-state index is -4.28. The van der Waals surface area contributed by atoms with Crippen molar-refractivity contribution < 1.29 is 17.0 Å². The van der Waals surface area contributed by atoms with Crippen molar-refractivity contribution in [2.75, 3.05) is 6.54 Å². The van der Waals surface area contributed by atoms with E-state index in [0.29, 0.717) is 24.5 Å². The van der Waals surface area contributed by atoms with E-state index in [1.165, 1.54) is 18.2 Å². The number of pyridine rings is 1. The normalized spacial score (nSPS) is 11.8. The van der Waals surface area contributed by atoms with E-state index in [-0.39, 0.29) is 23.2 Å². The topological polar surface area (TPSA) is 100 Å². The first kappa shape index (κ1) is 20.9. The van der Waals surface area contributed by atoms with Gasteiger partial charge in [-0.3, -0.25) is 4.98 Å². The van der Waals surface area contributed by atoms with Crippen LogP contribution in [0.5, 0.6) is 5.75 Å². The van der Waals surface area contributed by atoms with Crippen molar-refractivity contribution in [1.82, 2.24) is 14.5 Å². The molecule has 2 N–H and O–H groups in total. The molecule has 2 aromatic heterocycles. The third-order valence-corrected chi connectivity index (χ3v) is 5.56. The Kier molecular flexibility index (Phi) is 6.29. The van der Waals surface area contributed by atoms with Gasteiger partial charge in [0.05, 0.1) is 12.2 Å². The van der Waals surface area contributed by atoms with Crippen molar-refractivity contribution in [2.24, 2.45) is 5.73 Å². The van der Waals surface area contributed by atoms with Crippen LogP contribution >= 0.6 is 0 Å². The third-order valence-electron chi connectivity index (χ3n) is 4.24. The van der Waals surface area contributed by atoms with E-state index in [2.05, 4.69) is 9.97 Å². The van der Waals surface area contributed by atoms with Gasteiger partial charge in [-0.05, 0) is 36.2 Å². The fourth-order valence-electron chi connectivity index (χ4n) is 2.98. The zero-order valence-electron chi connectivity index (χ0n) is 16.2. The number of rotatable bonds is 8. The van der Waals surface area contributed by atoms with Crippen LogP contribution in [-0.2, 0) is 23.1 Å². The number of imidazole rings is 1. The second-order valence-electron chi connectivity index (χ2n) is 6.85. The Morgan fingerprint density at radius 3 is 2.66 bits per heavy atom. The van der Waals surface area contributed by atoms with Gasteiger partial charge in [0.1, 0.15) is 17.4 Å². The SMILES string of the molecule is CC(C)c1nc(CCN)n(Cc2cccnc2)c1S(=O)(=O)Oc1cccc(F)c1. The summed E-state index contributed by atoms with van der Waals surface area (Å²) in [5.41, 5.74) is 6.91. The van der Waals surface area contributed by atoms with Gasteiger partial charge in [0.2, 0.25) is 0 Å². The van der Waals surface area contributed by atoms with Gasteiger partial charge >= 0.3 is 10.1 Å². The van der Waals surface area contributed by atoms with Gasteiger partial charge in [-0.15, -0.1) is 0 Å². The molecule has 0 atom stereocenters. The molecule has 3 rings (SSSR count). The number of hydrogen-bond acceptors (Lipinski definition) is 6. The summed E-state index contributed by atoms with van der Waals surface area (Å²) in [4.78, 5) is 8.64. The van der Waals surface area contributed by atoms with E-state index < -0.39 is 15.9 Å². The van der Waals surface area contributed by atoms with E-state index in [1.54, 1.807) is 23.0 Å². The van der Waals surface area contributed by atoms with E-state index >= 15 is 0 Å². The minimum Gasteiger partial charge on any atom is -0.378 e. The molecule has 29 heavy (non-hydrogen) atoms. The summed E-state index contributed by atoms with van der Waals surface area (Å²) < 4.78 is 46.8. The zero-order chi connectivity index (χ0) is 21.0. The molecule has 0 aliphatic carbocycles. The highest BCUT2D eigenvalue weighted by molar-refractivity contribution is 7.87. The fraction of sp³-hybridized carbons (Fsp3) is 0.300. The standard InChI is InChI=1S/C20H23FN4O3S/c1-14(2)19-20(29(26,27)28-17-7-3-6-16(21)11-17)25(18(24-19)8-9-22)13-15-5-4-10-23-12-15/h3-7,10-12,14H,8-9,13,22H2,1-2H3. The molecule has 2 heterocycles. The van der Waals surface area contributed by atoms with E-state index in [0.717, 1.165) is 11.6 Å². The number of nitrogens with two attached hydrogens (primary N) is 1. The lowest BCUT2D eigenvalue weighted by atomic mass is 10.1. The van der Waals surface area contributed by atoms with Crippen LogP contribution in [0.25, 0.3) is 0 Å². The Bertz CT molecular complexity index is 1080. The fourth-order valence-corrected chi connectivity index (χ4v) is 4.40. The Morgan fingerprint density at radius 2 is 2.03 bits per heavy atom. The van der Waals surface area contributed by atoms with Gasteiger partial charge in [-0.25, -0.2) is 9.37 Å². The van der Waals surface area contributed by atoms with Gasteiger partial charge in [0.15, 0.2) is 5.03 Å². The van der Waals surface area contributed by atoms with Crippen LogP contribution in [0.3, 0.4) is 0 Å². The van der Waals surface area contributed by atoms with E-state index in [1.807, 2.05) is 19.9 Å². The van der Waals surface area contributed by atoms with Crippen molar-refractivity contribution in [1.29, 1.82) is 0 Å². The van der Waals surface area contributed by atoms with Crippen LogP contribution in [0.4, 0.5) is 4.39 Å². The summed E-state index contributed by atoms with van der Waals surface area (Å²) >= 11 is 0. The molecule has 154 valence electrons. The zero-order valence-corrected chi connectivity index (χ0v) is 17.1. The quantitative estimate of drug-likeness (QED) is 0.565. The molecule has 0 saturated heterocycles. The number of halogens is 1. The molecule has 0 amide bonds. The summed E-state index contributed by atoms with van der Waals surface area (Å²) in [5.74, 6) is -0.326. The molecule has 0 spiro atoms. The molecule has 3 aromatic rings. The second kappa shape index (κ2) is 8.71. The molecule has 0 radical (unpaired) electrons. The molecule has 0 saturated carbocycles. The Labute approximate surface area is 169 Å². The molecule has 0 bridgehead atoms. The lowest BCUT2D eigenvalue weighted by Gasteiger charge is -2.14. The van der Waals surface area contributed by atoms with E-state index in [4.69, 9.17) is 9.92 Å². The smallest absolute Gasteiger partial charge is 0.357 e. The van der Waals surface area contributed by atoms with Gasteiger partial charge < -0.3 is 14.5 Å². The molecule has 0 aliphatic rings. The summed E-state index contributed by atoms with van der Waals surface area (Å²) in [6, 6.07) is 8.63. The lowest BCUT2D eigenvalue weighted by Crippen LogP contribution is -2.20. The maximum Gasteiger partial charge on any atom is 0.357 e. The predicted octanol–water partition coefficient (Wildman–Crippen LogP) is 2.86. The maximum atomic E-state index is 13.5. The summed E-state index contributed by atoms with van der Waals surface area (Å²) in [6.07, 6.45) is 3.70. The predicted molar refractivity (Wildman–Crippen MR) is 107 cm³/mol. The number of aromatic nitrogens is 3. The van der Waals surface area contributed by atoms with Crippen LogP contribution in [0.15, 0.2) is 53.8 Å². The Morgan fingerprint density at radius 1 is 1.24 bits per heavy atom. The average molecular weight is 418 g/mol. The van der Waals surface area contributed by atoms with Crippen LogP contribution < -0.4 is 9.92 Å². The van der Waals surface area contributed by atoms with Crippen molar-refractivity contribution >= 4 is 10.1 Å². The molecule has 0 unspecified atom stereocenters. The monoisotopic (exact) mass is 418 g/mol. The summed E-state index contributed by atoms with van der Waals surface area (Å²) in [5, 5.41) is -0.0518. The first-order valence-electron chi connectivity index (χ1n) is 9.20. The first-order valence-corrected chi connectivity index (χ1v) is 10.6. The first-order chi connectivity index (χ1) is 13.8. The van der Waals surface area contributed by atoms with Crippen molar-refractivity contribution in [3.05, 3.63) is 71.7 Å². The van der Waals surface area contributed by atoms with E-state index in [9.17, 15) is 12.8 Å². The molecule has 0 aliphatic heterocycles. The van der Waals surface area contributed by atoms with Crippen LogP contribution in [-0.4, -0.2) is 29.5 Å². The van der Waals surface area contributed by atoms with Gasteiger partial charge in [-0.2, -0.15) is 8.42 Å². The number of nitrogens with zero attached hydrogens (tertiary/aromatic N) is 3. The highest BCUT2D eigenvalue weighted by Crippen LogP contribution is 2.29. The average Bonchev–Trinajstić information content (AvgIpc) is 3.02. The Balaban J connectivity index is 2.13. The van der Waals surface area contributed by atoms with Crippen LogP contribution in [0, 0.1) is 5.82 Å². The molecular formula is C20H23FN4O3S. The molecule has 0 fully saturated rings. The summed E-state index contributed by atoms with van der Waals surface area (Å²) in [7, 11) is -4.28. The van der Waals surface area contributed by atoms with Crippen molar-refractivity contribution in [3.8, 4) is 5.75 Å². The lowest BCUT2D eigenvalue weighted by molar-refractivity contribution is 0.468. The molecular weight excluding hydrogens is 395 g/mol. The Hall–Kier alpha value is -2.78. The molecule has 9 heteroatoms.